The van der Waals surface area contributed by atoms with Crippen LogP contribution in [-0.2, 0) is 11.2 Å². The Morgan fingerprint density at radius 1 is 1.33 bits per heavy atom. The molecule has 2 aliphatic rings. The molecular formula is C15H17N3O3. The Bertz CT molecular complexity index is 595. The number of benzene rings is 1. The van der Waals surface area contributed by atoms with Gasteiger partial charge in [-0.2, -0.15) is 5.10 Å². The van der Waals surface area contributed by atoms with E-state index in [0.717, 1.165) is 23.6 Å². The fourth-order valence-corrected chi connectivity index (χ4v) is 3.26. The van der Waals surface area contributed by atoms with E-state index in [2.05, 4.69) is 10.5 Å². The van der Waals surface area contributed by atoms with E-state index >= 15 is 0 Å². The van der Waals surface area contributed by atoms with Crippen molar-refractivity contribution in [1.29, 1.82) is 0 Å². The molecule has 0 saturated heterocycles. The summed E-state index contributed by atoms with van der Waals surface area (Å²) in [5.41, 5.74) is 4.51. The standard InChI is InChI=1S/C15H17N3O3/c19-15(9-10-2-5-13(6-3-10)18(20)21)17-16-14-8-11-1-4-12(14)7-11/h2-3,5-6,11-12H,1,4,7-9H2,(H,17,19)/b16-14-/t11-,12+/m0/s1. The first-order chi connectivity index (χ1) is 10.1. The Balaban J connectivity index is 1.54. The normalized spacial score (nSPS) is 25.2. The van der Waals surface area contributed by atoms with Gasteiger partial charge in [-0.1, -0.05) is 12.1 Å². The molecule has 110 valence electrons. The molecule has 0 aromatic heterocycles. The Kier molecular flexibility index (Phi) is 3.68. The van der Waals surface area contributed by atoms with Crippen molar-refractivity contribution in [2.24, 2.45) is 16.9 Å². The molecule has 0 spiro atoms. The van der Waals surface area contributed by atoms with Crippen LogP contribution in [0.25, 0.3) is 0 Å². The van der Waals surface area contributed by atoms with Crippen LogP contribution in [0, 0.1) is 22.0 Å². The SMILES string of the molecule is O=C(Cc1ccc([N+](=O)[O-])cc1)N/N=C1/C[C@H]2CC[C@@H]1C2. The summed E-state index contributed by atoms with van der Waals surface area (Å²) in [6.07, 6.45) is 4.91. The molecule has 1 N–H and O–H groups in total. The quantitative estimate of drug-likeness (QED) is 0.681. The highest BCUT2D eigenvalue weighted by molar-refractivity contribution is 5.91. The highest BCUT2D eigenvalue weighted by Crippen LogP contribution is 2.42. The molecule has 6 nitrogen and oxygen atoms in total. The lowest BCUT2D eigenvalue weighted by molar-refractivity contribution is -0.384. The van der Waals surface area contributed by atoms with E-state index in [4.69, 9.17) is 0 Å². The van der Waals surface area contributed by atoms with Crippen LogP contribution in [0.1, 0.15) is 31.2 Å². The van der Waals surface area contributed by atoms with E-state index in [9.17, 15) is 14.9 Å². The van der Waals surface area contributed by atoms with Gasteiger partial charge in [0.2, 0.25) is 5.91 Å². The van der Waals surface area contributed by atoms with E-state index in [0.29, 0.717) is 5.92 Å². The van der Waals surface area contributed by atoms with Crippen molar-refractivity contribution in [2.75, 3.05) is 0 Å². The number of hydrogen-bond acceptors (Lipinski definition) is 4. The minimum atomic E-state index is -0.453. The zero-order valence-corrected chi connectivity index (χ0v) is 11.6. The predicted molar refractivity (Wildman–Crippen MR) is 77.8 cm³/mol. The average molecular weight is 287 g/mol. The van der Waals surface area contributed by atoms with Gasteiger partial charge in [0.05, 0.1) is 11.3 Å². The summed E-state index contributed by atoms with van der Waals surface area (Å²) in [5, 5.41) is 14.8. The Labute approximate surface area is 122 Å². The summed E-state index contributed by atoms with van der Waals surface area (Å²) in [5.74, 6) is 1.15. The number of non-ortho nitro benzene ring substituents is 1. The first-order valence-corrected chi connectivity index (χ1v) is 7.20. The lowest BCUT2D eigenvalue weighted by Gasteiger charge is -2.11. The molecule has 6 heteroatoms. The topological polar surface area (TPSA) is 84.6 Å². The average Bonchev–Trinajstić information content (AvgIpc) is 3.08. The monoisotopic (exact) mass is 287 g/mol. The number of nitro groups is 1. The Morgan fingerprint density at radius 3 is 2.67 bits per heavy atom. The van der Waals surface area contributed by atoms with E-state index < -0.39 is 4.92 Å². The number of rotatable bonds is 4. The van der Waals surface area contributed by atoms with Crippen LogP contribution in [0.15, 0.2) is 29.4 Å². The smallest absolute Gasteiger partial charge is 0.269 e. The third-order valence-electron chi connectivity index (χ3n) is 4.35. The van der Waals surface area contributed by atoms with Gasteiger partial charge in [0, 0.05) is 17.8 Å². The van der Waals surface area contributed by atoms with E-state index in [-0.39, 0.29) is 18.0 Å². The molecule has 1 aromatic rings. The highest BCUT2D eigenvalue weighted by atomic mass is 16.6. The second-order valence-electron chi connectivity index (χ2n) is 5.82. The summed E-state index contributed by atoms with van der Waals surface area (Å²) in [7, 11) is 0. The third-order valence-corrected chi connectivity index (χ3v) is 4.35. The van der Waals surface area contributed by atoms with Gasteiger partial charge in [-0.15, -0.1) is 0 Å². The van der Waals surface area contributed by atoms with Crippen LogP contribution < -0.4 is 5.43 Å². The first kappa shape index (κ1) is 13.7. The summed E-state index contributed by atoms with van der Waals surface area (Å²) in [6, 6.07) is 6.01. The van der Waals surface area contributed by atoms with Gasteiger partial charge in [-0.05, 0) is 43.1 Å². The van der Waals surface area contributed by atoms with Crippen LogP contribution in [0.5, 0.6) is 0 Å². The van der Waals surface area contributed by atoms with Crippen molar-refractivity contribution < 1.29 is 9.72 Å². The number of hydrazone groups is 1. The minimum Gasteiger partial charge on any atom is -0.273 e. The third kappa shape index (κ3) is 3.09. The molecule has 21 heavy (non-hydrogen) atoms. The van der Waals surface area contributed by atoms with Gasteiger partial charge in [-0.3, -0.25) is 14.9 Å². The molecule has 2 bridgehead atoms. The summed E-state index contributed by atoms with van der Waals surface area (Å²) < 4.78 is 0. The van der Waals surface area contributed by atoms with Crippen molar-refractivity contribution in [3.8, 4) is 0 Å². The van der Waals surface area contributed by atoms with Crippen LogP contribution in [0.4, 0.5) is 5.69 Å². The number of nitrogens with zero attached hydrogens (tertiary/aromatic N) is 2. The first-order valence-electron chi connectivity index (χ1n) is 7.20. The molecule has 0 heterocycles. The zero-order chi connectivity index (χ0) is 14.8. The highest BCUT2D eigenvalue weighted by Gasteiger charge is 2.36. The molecule has 0 unspecified atom stereocenters. The zero-order valence-electron chi connectivity index (χ0n) is 11.6. The second-order valence-corrected chi connectivity index (χ2v) is 5.82. The van der Waals surface area contributed by atoms with Crippen LogP contribution >= 0.6 is 0 Å². The molecule has 3 rings (SSSR count). The van der Waals surface area contributed by atoms with Crippen molar-refractivity contribution in [3.05, 3.63) is 39.9 Å². The lowest BCUT2D eigenvalue weighted by atomic mass is 9.99. The molecule has 2 fully saturated rings. The number of amides is 1. The van der Waals surface area contributed by atoms with E-state index in [1.807, 2.05) is 0 Å². The van der Waals surface area contributed by atoms with Gasteiger partial charge < -0.3 is 0 Å². The number of nitrogens with one attached hydrogen (secondary N) is 1. The summed E-state index contributed by atoms with van der Waals surface area (Å²) in [6.45, 7) is 0. The molecule has 0 radical (unpaired) electrons. The molecule has 2 saturated carbocycles. The van der Waals surface area contributed by atoms with Gasteiger partial charge in [-0.25, -0.2) is 5.43 Å². The van der Waals surface area contributed by atoms with Gasteiger partial charge in [0.15, 0.2) is 0 Å². The van der Waals surface area contributed by atoms with E-state index in [1.165, 1.54) is 31.4 Å². The molecule has 0 aliphatic heterocycles. The molecule has 2 atom stereocenters. The van der Waals surface area contributed by atoms with Crippen molar-refractivity contribution in [1.82, 2.24) is 5.43 Å². The van der Waals surface area contributed by atoms with Crippen LogP contribution in [-0.4, -0.2) is 16.5 Å². The molecule has 1 amide bonds. The number of nitro benzene ring substituents is 1. The maximum Gasteiger partial charge on any atom is 0.269 e. The largest absolute Gasteiger partial charge is 0.273 e. The number of carbonyl (C=O) groups is 1. The molecule has 1 aromatic carbocycles. The van der Waals surface area contributed by atoms with Gasteiger partial charge in [0.1, 0.15) is 0 Å². The molecular weight excluding hydrogens is 270 g/mol. The minimum absolute atomic E-state index is 0.0291. The number of fused-ring (bicyclic) bond motifs is 2. The van der Waals surface area contributed by atoms with Crippen LogP contribution in [0.2, 0.25) is 0 Å². The van der Waals surface area contributed by atoms with Crippen molar-refractivity contribution >= 4 is 17.3 Å². The van der Waals surface area contributed by atoms with Crippen molar-refractivity contribution in [3.63, 3.8) is 0 Å². The second kappa shape index (κ2) is 5.63. The fourth-order valence-electron chi connectivity index (χ4n) is 3.26. The predicted octanol–water partition coefficient (Wildman–Crippen LogP) is 2.43. The van der Waals surface area contributed by atoms with Gasteiger partial charge in [0.25, 0.3) is 5.69 Å². The molecule has 2 aliphatic carbocycles. The number of hydrogen-bond donors (Lipinski definition) is 1. The van der Waals surface area contributed by atoms with Gasteiger partial charge >= 0.3 is 0 Å². The number of carbonyl (C=O) groups excluding carboxylic acids is 1. The Morgan fingerprint density at radius 2 is 2.10 bits per heavy atom. The Hall–Kier alpha value is -2.24. The maximum atomic E-state index is 11.8. The van der Waals surface area contributed by atoms with Crippen molar-refractivity contribution in [2.45, 2.75) is 32.1 Å². The van der Waals surface area contributed by atoms with Crippen LogP contribution in [0.3, 0.4) is 0 Å². The fraction of sp³-hybridized carbons (Fsp3) is 0.467. The maximum absolute atomic E-state index is 11.8. The van der Waals surface area contributed by atoms with E-state index in [1.54, 1.807) is 12.1 Å². The summed E-state index contributed by atoms with van der Waals surface area (Å²) >= 11 is 0. The lowest BCUT2D eigenvalue weighted by Crippen LogP contribution is -2.23. The summed E-state index contributed by atoms with van der Waals surface area (Å²) in [4.78, 5) is 21.9.